The van der Waals surface area contributed by atoms with Gasteiger partial charge in [0.2, 0.25) is 0 Å². The van der Waals surface area contributed by atoms with E-state index in [0.717, 1.165) is 53.0 Å². The van der Waals surface area contributed by atoms with Crippen LogP contribution in [-0.2, 0) is 4.79 Å². The summed E-state index contributed by atoms with van der Waals surface area (Å²) in [6.45, 7) is 12.1. The minimum atomic E-state index is 0.163. The van der Waals surface area contributed by atoms with Crippen molar-refractivity contribution in [2.45, 2.75) is 53.9 Å². The third-order valence-corrected chi connectivity index (χ3v) is 6.60. The molecule has 0 atom stereocenters. The largest absolute Gasteiger partial charge is 0.494 e. The maximum Gasteiger partial charge on any atom is 0.185 e. The van der Waals surface area contributed by atoms with E-state index in [2.05, 4.69) is 32.9 Å². The van der Waals surface area contributed by atoms with Crippen molar-refractivity contribution in [2.75, 3.05) is 13.2 Å². The molecule has 0 spiro atoms. The fraction of sp³-hybridized carbons (Fsp3) is 0.414. The first-order chi connectivity index (χ1) is 15.4. The number of carbonyl (C=O) groups is 1. The standard InChI is InChI=1S/C29H36O3/c1-6-29(4,5)25-19-23(17-21-9-13-26(14-10-21)31-7-2)28(30)24(20-25)18-22-11-15-27(16-12-22)32-8-3/h9-18,25H,6-8,19-20H2,1-5H3/b23-17+,24-18+. The van der Waals surface area contributed by atoms with E-state index in [1.54, 1.807) is 0 Å². The molecule has 1 fully saturated rings. The van der Waals surface area contributed by atoms with Gasteiger partial charge in [0.05, 0.1) is 13.2 Å². The third kappa shape index (κ3) is 5.91. The molecule has 0 saturated heterocycles. The van der Waals surface area contributed by atoms with Crippen LogP contribution in [0.2, 0.25) is 0 Å². The van der Waals surface area contributed by atoms with Crippen LogP contribution in [0.25, 0.3) is 12.2 Å². The molecule has 2 aromatic rings. The zero-order chi connectivity index (χ0) is 23.1. The highest BCUT2D eigenvalue weighted by Gasteiger charge is 2.36. The van der Waals surface area contributed by atoms with E-state index in [1.165, 1.54) is 0 Å². The van der Waals surface area contributed by atoms with Gasteiger partial charge in [0, 0.05) is 11.1 Å². The Morgan fingerprint density at radius 3 is 1.53 bits per heavy atom. The van der Waals surface area contributed by atoms with Crippen molar-refractivity contribution in [3.8, 4) is 11.5 Å². The molecule has 0 heterocycles. The smallest absolute Gasteiger partial charge is 0.185 e. The van der Waals surface area contributed by atoms with Crippen molar-refractivity contribution >= 4 is 17.9 Å². The summed E-state index contributed by atoms with van der Waals surface area (Å²) < 4.78 is 11.1. The lowest BCUT2D eigenvalue weighted by Gasteiger charge is -2.37. The van der Waals surface area contributed by atoms with E-state index in [9.17, 15) is 4.79 Å². The summed E-state index contributed by atoms with van der Waals surface area (Å²) in [5.74, 6) is 2.29. The molecule has 32 heavy (non-hydrogen) atoms. The van der Waals surface area contributed by atoms with Crippen LogP contribution in [0.5, 0.6) is 11.5 Å². The van der Waals surface area contributed by atoms with Crippen molar-refractivity contribution in [1.29, 1.82) is 0 Å². The van der Waals surface area contributed by atoms with Crippen molar-refractivity contribution in [1.82, 2.24) is 0 Å². The van der Waals surface area contributed by atoms with E-state index < -0.39 is 0 Å². The summed E-state index contributed by atoms with van der Waals surface area (Å²) >= 11 is 0. The first-order valence-electron chi connectivity index (χ1n) is 11.8. The summed E-state index contributed by atoms with van der Waals surface area (Å²) in [4.78, 5) is 13.4. The molecule has 1 saturated carbocycles. The first kappa shape index (κ1) is 23.8. The number of hydrogen-bond acceptors (Lipinski definition) is 3. The topological polar surface area (TPSA) is 35.5 Å². The number of ether oxygens (including phenoxy) is 2. The number of carbonyl (C=O) groups excluding carboxylic acids is 1. The molecule has 0 unspecified atom stereocenters. The molecule has 3 nitrogen and oxygen atoms in total. The second-order valence-corrected chi connectivity index (χ2v) is 9.12. The Bertz CT molecular complexity index is 891. The van der Waals surface area contributed by atoms with Gasteiger partial charge in [-0.25, -0.2) is 0 Å². The number of ketones is 1. The lowest BCUT2D eigenvalue weighted by molar-refractivity contribution is -0.113. The molecule has 0 aromatic heterocycles. The molecule has 1 aliphatic carbocycles. The molecule has 0 bridgehead atoms. The lowest BCUT2D eigenvalue weighted by Crippen LogP contribution is -2.30. The Hall–Kier alpha value is -2.81. The highest BCUT2D eigenvalue weighted by molar-refractivity contribution is 6.14. The van der Waals surface area contributed by atoms with Crippen LogP contribution in [0.4, 0.5) is 0 Å². The van der Waals surface area contributed by atoms with Crippen LogP contribution in [0.3, 0.4) is 0 Å². The lowest BCUT2D eigenvalue weighted by atomic mass is 9.66. The monoisotopic (exact) mass is 432 g/mol. The number of allylic oxidation sites excluding steroid dienone is 2. The van der Waals surface area contributed by atoms with Crippen molar-refractivity contribution in [3.63, 3.8) is 0 Å². The molecule has 170 valence electrons. The third-order valence-electron chi connectivity index (χ3n) is 6.60. The summed E-state index contributed by atoms with van der Waals surface area (Å²) in [5, 5.41) is 0. The summed E-state index contributed by atoms with van der Waals surface area (Å²) in [6.07, 6.45) is 6.82. The van der Waals surface area contributed by atoms with Crippen molar-refractivity contribution in [2.24, 2.45) is 11.3 Å². The molecule has 2 aromatic carbocycles. The van der Waals surface area contributed by atoms with Gasteiger partial charge in [0.25, 0.3) is 0 Å². The number of rotatable bonds is 8. The van der Waals surface area contributed by atoms with E-state index in [1.807, 2.05) is 62.4 Å². The predicted octanol–water partition coefficient (Wildman–Crippen LogP) is 7.37. The molecule has 0 aliphatic heterocycles. The molecule has 0 amide bonds. The van der Waals surface area contributed by atoms with Gasteiger partial charge in [-0.2, -0.15) is 0 Å². The highest BCUT2D eigenvalue weighted by atomic mass is 16.5. The van der Waals surface area contributed by atoms with Gasteiger partial charge < -0.3 is 9.47 Å². The number of Topliss-reactive ketones (excluding diaryl/α,β-unsaturated/α-hetero) is 1. The second-order valence-electron chi connectivity index (χ2n) is 9.12. The molecule has 3 rings (SSSR count). The number of benzene rings is 2. The average molecular weight is 433 g/mol. The van der Waals surface area contributed by atoms with Crippen LogP contribution >= 0.6 is 0 Å². The van der Waals surface area contributed by atoms with E-state index >= 15 is 0 Å². The van der Waals surface area contributed by atoms with Crippen LogP contribution in [-0.4, -0.2) is 19.0 Å². The van der Waals surface area contributed by atoms with Gasteiger partial charge in [0.1, 0.15) is 11.5 Å². The number of hydrogen-bond donors (Lipinski definition) is 0. The summed E-state index contributed by atoms with van der Waals surface area (Å²) in [7, 11) is 0. The minimum Gasteiger partial charge on any atom is -0.494 e. The quantitative estimate of drug-likeness (QED) is 0.409. The van der Waals surface area contributed by atoms with Crippen LogP contribution < -0.4 is 9.47 Å². The summed E-state index contributed by atoms with van der Waals surface area (Å²) in [6, 6.07) is 16.0. The fourth-order valence-electron chi connectivity index (χ4n) is 4.14. The summed E-state index contributed by atoms with van der Waals surface area (Å²) in [5.41, 5.74) is 4.02. The van der Waals surface area contributed by atoms with Crippen LogP contribution in [0.1, 0.15) is 65.0 Å². The highest BCUT2D eigenvalue weighted by Crippen LogP contribution is 2.44. The first-order valence-corrected chi connectivity index (χ1v) is 11.8. The average Bonchev–Trinajstić information content (AvgIpc) is 2.79. The molecule has 3 heteroatoms. The molecule has 0 N–H and O–H groups in total. The van der Waals surface area contributed by atoms with Gasteiger partial charge in [-0.1, -0.05) is 51.5 Å². The normalized spacial score (nSPS) is 19.4. The minimum absolute atomic E-state index is 0.163. The van der Waals surface area contributed by atoms with Crippen molar-refractivity contribution < 1.29 is 14.3 Å². The van der Waals surface area contributed by atoms with Gasteiger partial charge in [0.15, 0.2) is 5.78 Å². The maximum atomic E-state index is 13.4. The Morgan fingerprint density at radius 1 is 0.781 bits per heavy atom. The van der Waals surface area contributed by atoms with E-state index in [-0.39, 0.29) is 11.2 Å². The van der Waals surface area contributed by atoms with Gasteiger partial charge in [-0.3, -0.25) is 4.79 Å². The van der Waals surface area contributed by atoms with Crippen LogP contribution in [0, 0.1) is 11.3 Å². The molecular weight excluding hydrogens is 396 g/mol. The zero-order valence-corrected chi connectivity index (χ0v) is 20.1. The van der Waals surface area contributed by atoms with Crippen LogP contribution in [0.15, 0.2) is 59.7 Å². The zero-order valence-electron chi connectivity index (χ0n) is 20.1. The Morgan fingerprint density at radius 2 is 1.19 bits per heavy atom. The van der Waals surface area contributed by atoms with Gasteiger partial charge >= 0.3 is 0 Å². The Balaban J connectivity index is 1.93. The Labute approximate surface area is 193 Å². The van der Waals surface area contributed by atoms with Gasteiger partial charge in [-0.05, 0) is 85.6 Å². The molecule has 0 radical (unpaired) electrons. The fourth-order valence-corrected chi connectivity index (χ4v) is 4.14. The van der Waals surface area contributed by atoms with E-state index in [0.29, 0.717) is 19.1 Å². The van der Waals surface area contributed by atoms with E-state index in [4.69, 9.17) is 9.47 Å². The second kappa shape index (κ2) is 10.7. The molecular formula is C29H36O3. The predicted molar refractivity (Wildman–Crippen MR) is 133 cm³/mol. The Kier molecular flexibility index (Phi) is 7.95. The SMILES string of the molecule is CCOc1ccc(/C=C2\CC(C(C)(C)CC)C/C(=C\c3ccc(OCC)cc3)C2=O)cc1. The molecule has 1 aliphatic rings. The van der Waals surface area contributed by atoms with Crippen molar-refractivity contribution in [3.05, 3.63) is 70.8 Å². The maximum absolute atomic E-state index is 13.4. The van der Waals surface area contributed by atoms with Gasteiger partial charge in [-0.15, -0.1) is 0 Å².